The van der Waals surface area contributed by atoms with E-state index < -0.39 is 0 Å². The van der Waals surface area contributed by atoms with Crippen molar-refractivity contribution >= 4 is 5.96 Å². The SMILES string of the molecule is CCNC(=NCC(C)Oc1ccccc1OC)NCCCCn1ccnc1C. The van der Waals surface area contributed by atoms with E-state index in [0.29, 0.717) is 6.54 Å². The van der Waals surface area contributed by atoms with Crippen LogP contribution in [0, 0.1) is 6.92 Å². The van der Waals surface area contributed by atoms with E-state index >= 15 is 0 Å². The summed E-state index contributed by atoms with van der Waals surface area (Å²) in [6, 6.07) is 7.66. The number of guanidine groups is 1. The summed E-state index contributed by atoms with van der Waals surface area (Å²) in [7, 11) is 1.65. The van der Waals surface area contributed by atoms with Crippen molar-refractivity contribution in [1.82, 2.24) is 20.2 Å². The van der Waals surface area contributed by atoms with E-state index in [0.717, 1.165) is 55.8 Å². The van der Waals surface area contributed by atoms with Crippen LogP contribution in [0.15, 0.2) is 41.7 Å². The molecule has 1 heterocycles. The number of nitrogens with one attached hydrogen (secondary N) is 2. The molecule has 1 aromatic carbocycles. The fraction of sp³-hybridized carbons (Fsp3) is 0.524. The molecule has 1 aromatic heterocycles. The van der Waals surface area contributed by atoms with Crippen LogP contribution in [0.1, 0.15) is 32.5 Å². The van der Waals surface area contributed by atoms with Gasteiger partial charge in [0.2, 0.25) is 0 Å². The van der Waals surface area contributed by atoms with Crippen molar-refractivity contribution in [3.05, 3.63) is 42.5 Å². The monoisotopic (exact) mass is 387 g/mol. The first kappa shape index (κ1) is 21.6. The van der Waals surface area contributed by atoms with E-state index in [9.17, 15) is 0 Å². The lowest BCUT2D eigenvalue weighted by atomic mass is 10.3. The van der Waals surface area contributed by atoms with Crippen LogP contribution in [0.2, 0.25) is 0 Å². The number of unbranched alkanes of at least 4 members (excludes halogenated alkanes) is 1. The Kier molecular flexibility index (Phi) is 9.18. The van der Waals surface area contributed by atoms with Gasteiger partial charge in [-0.2, -0.15) is 0 Å². The van der Waals surface area contributed by atoms with Gasteiger partial charge in [0.1, 0.15) is 11.9 Å². The fourth-order valence-corrected chi connectivity index (χ4v) is 2.79. The lowest BCUT2D eigenvalue weighted by Crippen LogP contribution is -2.38. The summed E-state index contributed by atoms with van der Waals surface area (Å²) in [5, 5.41) is 6.67. The van der Waals surface area contributed by atoms with E-state index in [1.807, 2.05) is 50.5 Å². The van der Waals surface area contributed by atoms with Crippen LogP contribution in [-0.4, -0.2) is 48.4 Å². The maximum atomic E-state index is 5.96. The summed E-state index contributed by atoms with van der Waals surface area (Å²) >= 11 is 0. The topological polar surface area (TPSA) is 72.7 Å². The normalized spacial score (nSPS) is 12.5. The molecule has 0 aliphatic heterocycles. The van der Waals surface area contributed by atoms with E-state index in [4.69, 9.17) is 9.47 Å². The second-order valence-electron chi connectivity index (χ2n) is 6.60. The van der Waals surface area contributed by atoms with Gasteiger partial charge < -0.3 is 24.7 Å². The van der Waals surface area contributed by atoms with Crippen molar-refractivity contribution in [2.24, 2.45) is 4.99 Å². The number of hydrogen-bond donors (Lipinski definition) is 2. The molecule has 0 saturated heterocycles. The van der Waals surface area contributed by atoms with Gasteiger partial charge in [0, 0.05) is 32.0 Å². The highest BCUT2D eigenvalue weighted by Gasteiger charge is 2.08. The third kappa shape index (κ3) is 7.13. The van der Waals surface area contributed by atoms with E-state index in [2.05, 4.69) is 32.1 Å². The highest BCUT2D eigenvalue weighted by molar-refractivity contribution is 5.79. The van der Waals surface area contributed by atoms with E-state index in [-0.39, 0.29) is 6.10 Å². The molecule has 2 N–H and O–H groups in total. The minimum Gasteiger partial charge on any atom is -0.493 e. The molecule has 2 aromatic rings. The van der Waals surface area contributed by atoms with E-state index in [1.54, 1.807) is 7.11 Å². The van der Waals surface area contributed by atoms with Crippen LogP contribution >= 0.6 is 0 Å². The molecule has 0 spiro atoms. The van der Waals surface area contributed by atoms with Crippen LogP contribution in [0.4, 0.5) is 0 Å². The molecule has 154 valence electrons. The molecule has 7 heteroatoms. The van der Waals surface area contributed by atoms with E-state index in [1.165, 1.54) is 0 Å². The van der Waals surface area contributed by atoms with Gasteiger partial charge in [-0.25, -0.2) is 9.98 Å². The number of imidazole rings is 1. The molecule has 28 heavy (non-hydrogen) atoms. The lowest BCUT2D eigenvalue weighted by Gasteiger charge is -2.16. The van der Waals surface area contributed by atoms with Gasteiger partial charge >= 0.3 is 0 Å². The first-order valence-electron chi connectivity index (χ1n) is 9.93. The molecule has 0 fully saturated rings. The Morgan fingerprint density at radius 3 is 2.68 bits per heavy atom. The molecular formula is C21H33N5O2. The van der Waals surface area contributed by atoms with Gasteiger partial charge in [-0.1, -0.05) is 12.1 Å². The van der Waals surface area contributed by atoms with Gasteiger partial charge in [0.15, 0.2) is 17.5 Å². The van der Waals surface area contributed by atoms with Crippen molar-refractivity contribution < 1.29 is 9.47 Å². The molecule has 2 rings (SSSR count). The predicted molar refractivity (Wildman–Crippen MR) is 113 cm³/mol. The second kappa shape index (κ2) is 11.9. The Balaban J connectivity index is 1.75. The third-order valence-electron chi connectivity index (χ3n) is 4.29. The summed E-state index contributed by atoms with van der Waals surface area (Å²) in [6.45, 7) is 9.35. The Morgan fingerprint density at radius 1 is 1.21 bits per heavy atom. The Morgan fingerprint density at radius 2 is 2.00 bits per heavy atom. The number of aromatic nitrogens is 2. The first-order chi connectivity index (χ1) is 13.6. The molecular weight excluding hydrogens is 354 g/mol. The maximum Gasteiger partial charge on any atom is 0.191 e. The molecule has 0 amide bonds. The standard InChI is InChI=1S/C21H33N5O2/c1-5-22-21(24-12-8-9-14-26-15-13-23-18(26)3)25-16-17(2)28-20-11-7-6-10-19(20)27-4/h6-7,10-11,13,15,17H,5,8-9,12,14,16H2,1-4H3,(H2,22,24,25). The molecule has 1 unspecified atom stereocenters. The summed E-state index contributed by atoms with van der Waals surface area (Å²) in [5.41, 5.74) is 0. The van der Waals surface area contributed by atoms with Gasteiger partial charge in [-0.05, 0) is 45.7 Å². The molecule has 7 nitrogen and oxygen atoms in total. The minimum atomic E-state index is -0.0593. The van der Waals surface area contributed by atoms with Gasteiger partial charge in [0.05, 0.1) is 13.7 Å². The number of ether oxygens (including phenoxy) is 2. The first-order valence-corrected chi connectivity index (χ1v) is 9.93. The maximum absolute atomic E-state index is 5.96. The van der Waals surface area contributed by atoms with Gasteiger partial charge in [-0.15, -0.1) is 0 Å². The number of nitrogens with zero attached hydrogens (tertiary/aromatic N) is 3. The Bertz CT molecular complexity index is 729. The summed E-state index contributed by atoms with van der Waals surface area (Å²) in [4.78, 5) is 8.89. The smallest absolute Gasteiger partial charge is 0.191 e. The number of aryl methyl sites for hydroxylation is 2. The second-order valence-corrected chi connectivity index (χ2v) is 6.60. The summed E-state index contributed by atoms with van der Waals surface area (Å²) in [5.74, 6) is 3.35. The minimum absolute atomic E-state index is 0.0593. The van der Waals surface area contributed by atoms with Crippen LogP contribution in [0.3, 0.4) is 0 Å². The zero-order valence-electron chi connectivity index (χ0n) is 17.4. The van der Waals surface area contributed by atoms with Crippen molar-refractivity contribution in [3.8, 4) is 11.5 Å². The third-order valence-corrected chi connectivity index (χ3v) is 4.29. The Labute approximate surface area is 168 Å². The largest absolute Gasteiger partial charge is 0.493 e. The molecule has 1 atom stereocenters. The lowest BCUT2D eigenvalue weighted by molar-refractivity contribution is 0.219. The van der Waals surface area contributed by atoms with Crippen LogP contribution in [-0.2, 0) is 6.54 Å². The highest BCUT2D eigenvalue weighted by atomic mass is 16.5. The average Bonchev–Trinajstić information content (AvgIpc) is 3.11. The quantitative estimate of drug-likeness (QED) is 0.352. The van der Waals surface area contributed by atoms with Crippen LogP contribution < -0.4 is 20.1 Å². The van der Waals surface area contributed by atoms with Gasteiger partial charge in [-0.3, -0.25) is 0 Å². The number of benzene rings is 1. The van der Waals surface area contributed by atoms with Crippen molar-refractivity contribution in [3.63, 3.8) is 0 Å². The molecule has 0 aliphatic rings. The van der Waals surface area contributed by atoms with Crippen molar-refractivity contribution in [2.75, 3.05) is 26.7 Å². The molecule has 0 radical (unpaired) electrons. The fourth-order valence-electron chi connectivity index (χ4n) is 2.79. The van der Waals surface area contributed by atoms with Crippen molar-refractivity contribution in [1.29, 1.82) is 0 Å². The number of para-hydroxylation sites is 2. The zero-order chi connectivity index (χ0) is 20.2. The predicted octanol–water partition coefficient (Wildman–Crippen LogP) is 3.00. The molecule has 0 bridgehead atoms. The van der Waals surface area contributed by atoms with Gasteiger partial charge in [0.25, 0.3) is 0 Å². The number of aliphatic imine (C=N–C) groups is 1. The molecule has 0 saturated carbocycles. The zero-order valence-corrected chi connectivity index (χ0v) is 17.4. The molecule has 0 aliphatic carbocycles. The number of methoxy groups -OCH3 is 1. The number of hydrogen-bond acceptors (Lipinski definition) is 4. The average molecular weight is 388 g/mol. The number of rotatable bonds is 11. The van der Waals surface area contributed by atoms with Crippen molar-refractivity contribution in [2.45, 2.75) is 46.3 Å². The summed E-state index contributed by atoms with van der Waals surface area (Å²) in [6.07, 6.45) is 5.97. The highest BCUT2D eigenvalue weighted by Crippen LogP contribution is 2.26. The van der Waals surface area contributed by atoms with Crippen LogP contribution in [0.5, 0.6) is 11.5 Å². The Hall–Kier alpha value is -2.70. The summed E-state index contributed by atoms with van der Waals surface area (Å²) < 4.78 is 13.5. The van der Waals surface area contributed by atoms with Crippen LogP contribution in [0.25, 0.3) is 0 Å².